The Morgan fingerprint density at radius 3 is 2.35 bits per heavy atom. The first-order valence-corrected chi connectivity index (χ1v) is 9.75. The molecule has 0 atom stereocenters. The molecule has 8 heteroatoms. The third kappa shape index (κ3) is 3.70. The lowest BCUT2D eigenvalue weighted by Gasteiger charge is -2.17. The van der Waals surface area contributed by atoms with Crippen molar-refractivity contribution in [2.24, 2.45) is 0 Å². The molecule has 0 aliphatic carbocycles. The van der Waals surface area contributed by atoms with Gasteiger partial charge >= 0.3 is 0 Å². The van der Waals surface area contributed by atoms with Crippen LogP contribution in [0.15, 0.2) is 48.5 Å². The van der Waals surface area contributed by atoms with Gasteiger partial charge in [0.1, 0.15) is 0 Å². The molecule has 0 spiro atoms. The third-order valence-corrected chi connectivity index (χ3v) is 5.97. The number of sulfonamides is 1. The van der Waals surface area contributed by atoms with E-state index in [2.05, 4.69) is 10.6 Å². The lowest BCUT2D eigenvalue weighted by Crippen LogP contribution is -2.25. The molecule has 2 amide bonds. The standard InChI is InChI=1S/C18H19N3O4S/c1-19-17(22)13-5-2-7-15(11-13)20-18(23)14-6-3-8-16(12-14)21-9-4-10-26(21,24)25/h2-3,5-8,11-12H,4,9-10H2,1H3,(H,19,22)(H,20,23). The molecule has 0 bridgehead atoms. The van der Waals surface area contributed by atoms with Crippen molar-refractivity contribution in [2.45, 2.75) is 6.42 Å². The molecule has 1 aliphatic heterocycles. The molecule has 2 N–H and O–H groups in total. The van der Waals surface area contributed by atoms with Crippen LogP contribution in [0.2, 0.25) is 0 Å². The number of carbonyl (C=O) groups excluding carboxylic acids is 2. The zero-order valence-electron chi connectivity index (χ0n) is 14.2. The Bertz CT molecular complexity index is 956. The topological polar surface area (TPSA) is 95.6 Å². The second kappa shape index (κ2) is 7.17. The van der Waals surface area contributed by atoms with E-state index in [1.54, 1.807) is 48.5 Å². The van der Waals surface area contributed by atoms with Crippen molar-refractivity contribution in [3.8, 4) is 0 Å². The second-order valence-corrected chi connectivity index (χ2v) is 7.92. The van der Waals surface area contributed by atoms with Gasteiger partial charge in [0.2, 0.25) is 10.0 Å². The van der Waals surface area contributed by atoms with Crippen molar-refractivity contribution in [1.29, 1.82) is 0 Å². The number of carbonyl (C=O) groups is 2. The minimum absolute atomic E-state index is 0.121. The molecule has 1 fully saturated rings. The normalized spacial score (nSPS) is 15.5. The van der Waals surface area contributed by atoms with Gasteiger partial charge in [-0.15, -0.1) is 0 Å². The summed E-state index contributed by atoms with van der Waals surface area (Å²) in [6.45, 7) is 0.418. The number of benzene rings is 2. The average Bonchev–Trinajstić information content (AvgIpc) is 3.00. The first-order valence-electron chi connectivity index (χ1n) is 8.15. The number of hydrogen-bond donors (Lipinski definition) is 2. The van der Waals surface area contributed by atoms with E-state index < -0.39 is 10.0 Å². The van der Waals surface area contributed by atoms with Gasteiger partial charge in [0.05, 0.1) is 11.4 Å². The Morgan fingerprint density at radius 2 is 1.69 bits per heavy atom. The van der Waals surface area contributed by atoms with Gasteiger partial charge in [-0.3, -0.25) is 13.9 Å². The Balaban J connectivity index is 1.81. The van der Waals surface area contributed by atoms with Crippen LogP contribution in [0.3, 0.4) is 0 Å². The summed E-state index contributed by atoms with van der Waals surface area (Å²) >= 11 is 0. The third-order valence-electron chi connectivity index (χ3n) is 4.11. The van der Waals surface area contributed by atoms with Crippen LogP contribution in [-0.2, 0) is 10.0 Å². The molecule has 7 nitrogen and oxygen atoms in total. The van der Waals surface area contributed by atoms with E-state index in [1.807, 2.05) is 0 Å². The fraction of sp³-hybridized carbons (Fsp3) is 0.222. The zero-order chi connectivity index (χ0) is 18.7. The van der Waals surface area contributed by atoms with Crippen LogP contribution in [0.4, 0.5) is 11.4 Å². The molecule has 2 aromatic rings. The number of anilines is 2. The first-order chi connectivity index (χ1) is 12.4. The Hall–Kier alpha value is -2.87. The highest BCUT2D eigenvalue weighted by molar-refractivity contribution is 7.93. The van der Waals surface area contributed by atoms with E-state index in [9.17, 15) is 18.0 Å². The predicted molar refractivity (Wildman–Crippen MR) is 100.0 cm³/mol. The minimum Gasteiger partial charge on any atom is -0.355 e. The Kier molecular flexibility index (Phi) is 4.94. The van der Waals surface area contributed by atoms with E-state index in [-0.39, 0.29) is 17.6 Å². The van der Waals surface area contributed by atoms with Gasteiger partial charge in [-0.25, -0.2) is 8.42 Å². The summed E-state index contributed by atoms with van der Waals surface area (Å²) < 4.78 is 25.4. The zero-order valence-corrected chi connectivity index (χ0v) is 15.0. The molecule has 26 heavy (non-hydrogen) atoms. The number of amides is 2. The van der Waals surface area contributed by atoms with E-state index in [4.69, 9.17) is 0 Å². The largest absolute Gasteiger partial charge is 0.355 e. The van der Waals surface area contributed by atoms with Gasteiger partial charge in [0.25, 0.3) is 11.8 Å². The van der Waals surface area contributed by atoms with Crippen molar-refractivity contribution < 1.29 is 18.0 Å². The van der Waals surface area contributed by atoms with E-state index in [1.165, 1.54) is 11.4 Å². The summed E-state index contributed by atoms with van der Waals surface area (Å²) in [5, 5.41) is 5.26. The van der Waals surface area contributed by atoms with Crippen molar-refractivity contribution >= 4 is 33.2 Å². The van der Waals surface area contributed by atoms with Crippen LogP contribution in [0, 0.1) is 0 Å². The van der Waals surface area contributed by atoms with E-state index in [0.29, 0.717) is 35.5 Å². The molecule has 1 saturated heterocycles. The first kappa shape index (κ1) is 17.9. The fourth-order valence-corrected chi connectivity index (χ4v) is 4.37. The average molecular weight is 373 g/mol. The maximum absolute atomic E-state index is 12.5. The van der Waals surface area contributed by atoms with Gasteiger partial charge < -0.3 is 10.6 Å². The molecular formula is C18H19N3O4S. The Morgan fingerprint density at radius 1 is 1.00 bits per heavy atom. The highest BCUT2D eigenvalue weighted by Gasteiger charge is 2.28. The maximum Gasteiger partial charge on any atom is 0.255 e. The minimum atomic E-state index is -3.30. The van der Waals surface area contributed by atoms with E-state index >= 15 is 0 Å². The van der Waals surface area contributed by atoms with Gasteiger partial charge in [-0.05, 0) is 42.8 Å². The molecule has 1 aliphatic rings. The molecular weight excluding hydrogens is 354 g/mol. The van der Waals surface area contributed by atoms with E-state index in [0.717, 1.165) is 0 Å². The fourth-order valence-electron chi connectivity index (χ4n) is 2.82. The van der Waals surface area contributed by atoms with Crippen LogP contribution in [0.1, 0.15) is 27.1 Å². The van der Waals surface area contributed by atoms with Crippen molar-refractivity contribution in [3.63, 3.8) is 0 Å². The lowest BCUT2D eigenvalue weighted by atomic mass is 10.1. The molecule has 136 valence electrons. The summed E-state index contributed by atoms with van der Waals surface area (Å²) in [5.41, 5.74) is 1.74. The van der Waals surface area contributed by atoms with Crippen molar-refractivity contribution in [2.75, 3.05) is 29.0 Å². The highest BCUT2D eigenvalue weighted by atomic mass is 32.2. The summed E-state index contributed by atoms with van der Waals surface area (Å²) in [7, 11) is -1.77. The molecule has 1 heterocycles. The maximum atomic E-state index is 12.5. The molecule has 0 radical (unpaired) electrons. The number of nitrogens with one attached hydrogen (secondary N) is 2. The van der Waals surface area contributed by atoms with Crippen LogP contribution >= 0.6 is 0 Å². The van der Waals surface area contributed by atoms with Crippen LogP contribution < -0.4 is 14.9 Å². The quantitative estimate of drug-likeness (QED) is 0.855. The van der Waals surface area contributed by atoms with Gasteiger partial charge in [0, 0.05) is 30.4 Å². The summed E-state index contributed by atoms with van der Waals surface area (Å²) in [6.07, 6.45) is 0.574. The van der Waals surface area contributed by atoms with Crippen LogP contribution in [-0.4, -0.2) is 39.6 Å². The number of rotatable bonds is 4. The summed E-state index contributed by atoms with van der Waals surface area (Å²) in [5.74, 6) is -0.504. The number of nitrogens with zero attached hydrogens (tertiary/aromatic N) is 1. The van der Waals surface area contributed by atoms with Gasteiger partial charge in [0.15, 0.2) is 0 Å². The smallest absolute Gasteiger partial charge is 0.255 e. The highest BCUT2D eigenvalue weighted by Crippen LogP contribution is 2.25. The lowest BCUT2D eigenvalue weighted by molar-refractivity contribution is 0.0961. The monoisotopic (exact) mass is 373 g/mol. The SMILES string of the molecule is CNC(=O)c1cccc(NC(=O)c2cccc(N3CCCS3(=O)=O)c2)c1. The molecule has 3 rings (SSSR count). The van der Waals surface area contributed by atoms with Crippen molar-refractivity contribution in [3.05, 3.63) is 59.7 Å². The van der Waals surface area contributed by atoms with Gasteiger partial charge in [-0.2, -0.15) is 0 Å². The molecule has 0 saturated carbocycles. The Labute approximate surface area is 152 Å². The van der Waals surface area contributed by atoms with Crippen molar-refractivity contribution in [1.82, 2.24) is 5.32 Å². The molecule has 0 unspecified atom stereocenters. The molecule has 0 aromatic heterocycles. The molecule has 2 aromatic carbocycles. The predicted octanol–water partition coefficient (Wildman–Crippen LogP) is 1.84. The van der Waals surface area contributed by atoms with Crippen LogP contribution in [0.25, 0.3) is 0 Å². The summed E-state index contributed by atoms with van der Waals surface area (Å²) in [4.78, 5) is 24.2. The second-order valence-electron chi connectivity index (χ2n) is 5.91. The summed E-state index contributed by atoms with van der Waals surface area (Å²) in [6, 6.07) is 13.1. The van der Waals surface area contributed by atoms with Gasteiger partial charge in [-0.1, -0.05) is 12.1 Å². The van der Waals surface area contributed by atoms with Crippen LogP contribution in [0.5, 0.6) is 0 Å². The number of hydrogen-bond acceptors (Lipinski definition) is 4.